The molecule has 5 N–H and O–H groups in total. The van der Waals surface area contributed by atoms with Crippen molar-refractivity contribution >= 4 is 45.3 Å². The number of nitriles is 1. The number of nitrogens with two attached hydrogens (primary N) is 2. The van der Waals surface area contributed by atoms with Gasteiger partial charge in [-0.1, -0.05) is 0 Å². The van der Waals surface area contributed by atoms with E-state index in [0.717, 1.165) is 79.5 Å². The maximum absolute atomic E-state index is 12.7. The Morgan fingerprint density at radius 1 is 1.00 bits per heavy atom. The number of nitrogens with zero attached hydrogens (tertiary/aromatic N) is 4. The van der Waals surface area contributed by atoms with E-state index in [1.54, 1.807) is 23.6 Å². The van der Waals surface area contributed by atoms with Gasteiger partial charge in [-0.05, 0) is 87.7 Å². The Bertz CT molecular complexity index is 1700. The molecule has 2 amide bonds. The minimum atomic E-state index is -0.789. The van der Waals surface area contributed by atoms with E-state index in [-0.39, 0.29) is 11.7 Å². The second kappa shape index (κ2) is 12.8. The Kier molecular flexibility index (Phi) is 8.92. The third kappa shape index (κ3) is 6.62. The summed E-state index contributed by atoms with van der Waals surface area (Å²) in [6, 6.07) is 13.7. The average molecular weight is 584 g/mol. The topological polar surface area (TPSA) is 164 Å². The van der Waals surface area contributed by atoms with Gasteiger partial charge in [0.25, 0.3) is 5.91 Å². The number of rotatable bonds is 9. The first-order valence-electron chi connectivity index (χ1n) is 14.6. The van der Waals surface area contributed by atoms with E-state index >= 15 is 0 Å². The van der Waals surface area contributed by atoms with Crippen LogP contribution in [0.4, 0.5) is 5.69 Å². The number of aromatic nitrogens is 1. The van der Waals surface area contributed by atoms with Crippen LogP contribution >= 0.6 is 0 Å². The number of fused-ring (bicyclic) bond motifs is 2. The number of hydrogen-bond acceptors (Lipinski definition) is 9. The fraction of sp³-hybridized carbons (Fsp3) is 0.375. The zero-order valence-corrected chi connectivity index (χ0v) is 24.5. The molecule has 11 nitrogen and oxygen atoms in total. The summed E-state index contributed by atoms with van der Waals surface area (Å²) in [7, 11) is 0. The van der Waals surface area contributed by atoms with Gasteiger partial charge in [-0.3, -0.25) is 29.2 Å². The number of hydrogen-bond donors (Lipinski definition) is 3. The Morgan fingerprint density at radius 3 is 2.47 bits per heavy atom. The van der Waals surface area contributed by atoms with E-state index in [9.17, 15) is 19.6 Å². The van der Waals surface area contributed by atoms with Gasteiger partial charge in [0.2, 0.25) is 11.8 Å². The zero-order valence-electron chi connectivity index (χ0n) is 24.5. The number of aryl methyl sites for hydroxylation is 1. The Labute approximate surface area is 250 Å². The predicted molar refractivity (Wildman–Crippen MR) is 165 cm³/mol. The number of imide groups is 1. The number of unbranched alkanes of at least 4 members (excludes halogenated alkanes) is 1. The van der Waals surface area contributed by atoms with Crippen molar-refractivity contribution in [2.24, 2.45) is 11.5 Å². The molecule has 0 saturated carbocycles. The molecule has 0 spiro atoms. The van der Waals surface area contributed by atoms with Crippen LogP contribution in [-0.2, 0) is 11.2 Å². The van der Waals surface area contributed by atoms with Crippen molar-refractivity contribution in [1.82, 2.24) is 14.8 Å². The van der Waals surface area contributed by atoms with Crippen molar-refractivity contribution in [3.63, 3.8) is 0 Å². The molecule has 5 rings (SSSR count). The molecule has 2 aromatic heterocycles. The quantitative estimate of drug-likeness (QED) is 0.251. The summed E-state index contributed by atoms with van der Waals surface area (Å²) in [4.78, 5) is 41.5. The number of piperazine rings is 1. The summed E-state index contributed by atoms with van der Waals surface area (Å²) < 4.78 is 7.27. The van der Waals surface area contributed by atoms with E-state index in [2.05, 4.69) is 21.2 Å². The molecule has 1 aliphatic rings. The fourth-order valence-electron chi connectivity index (χ4n) is 5.48. The molecule has 0 radical (unpaired) electrons. The van der Waals surface area contributed by atoms with Crippen molar-refractivity contribution in [2.75, 3.05) is 37.6 Å². The minimum Gasteiger partial charge on any atom is -0.451 e. The smallest absolute Gasteiger partial charge is 0.293 e. The lowest BCUT2D eigenvalue weighted by Crippen LogP contribution is -2.46. The summed E-state index contributed by atoms with van der Waals surface area (Å²) in [5, 5.41) is 13.3. The molecular weight excluding hydrogens is 546 g/mol. The van der Waals surface area contributed by atoms with E-state index in [1.165, 1.54) is 6.92 Å². The Morgan fingerprint density at radius 2 is 1.77 bits per heavy atom. The van der Waals surface area contributed by atoms with Gasteiger partial charge in [0, 0.05) is 48.8 Å². The second-order valence-electron chi connectivity index (χ2n) is 11.2. The first kappa shape index (κ1) is 30.0. The van der Waals surface area contributed by atoms with Gasteiger partial charge in [0.1, 0.15) is 5.58 Å². The van der Waals surface area contributed by atoms with Crippen LogP contribution in [0.3, 0.4) is 0 Å². The van der Waals surface area contributed by atoms with Crippen LogP contribution in [-0.4, -0.2) is 72.0 Å². The molecule has 11 heteroatoms. The molecule has 1 aliphatic heterocycles. The summed E-state index contributed by atoms with van der Waals surface area (Å²) in [5.41, 5.74) is 15.4. The van der Waals surface area contributed by atoms with Crippen molar-refractivity contribution in [2.45, 2.75) is 45.2 Å². The Balaban J connectivity index is 1.14. The molecule has 4 aromatic rings. The molecule has 2 atom stereocenters. The fourth-order valence-corrected chi connectivity index (χ4v) is 5.48. The molecule has 1 saturated heterocycles. The van der Waals surface area contributed by atoms with Gasteiger partial charge in [-0.2, -0.15) is 5.26 Å². The van der Waals surface area contributed by atoms with Crippen LogP contribution < -0.4 is 21.7 Å². The molecule has 0 aliphatic carbocycles. The molecule has 0 bridgehead atoms. The standard InChI is InChI=1S/C32H37N7O4/c1-20(34)30(40)36-31(41)29-17-24-16-25(7-9-28(24)43-29)38-13-11-37(12-14-38)10-4-3-5-23-19-39(32(42)21(2)35)27-8-6-22(18-33)15-26(23)27/h6-9,15-17,19-21H,3-5,10-14,34-35H2,1-2H3,(H,36,40,41). The second-order valence-corrected chi connectivity index (χ2v) is 11.2. The number of furan rings is 1. The van der Waals surface area contributed by atoms with E-state index in [0.29, 0.717) is 11.1 Å². The SMILES string of the molecule is CC(N)C(=O)NC(=O)c1cc2cc(N3CCN(CCCCc4cn(C(=O)C(C)N)c5ccc(C#N)cc45)CC3)ccc2o1. The van der Waals surface area contributed by atoms with Gasteiger partial charge >= 0.3 is 0 Å². The molecule has 3 heterocycles. The van der Waals surface area contributed by atoms with Crippen molar-refractivity contribution in [1.29, 1.82) is 5.26 Å². The van der Waals surface area contributed by atoms with Crippen molar-refractivity contribution in [3.05, 3.63) is 65.5 Å². The first-order valence-corrected chi connectivity index (χ1v) is 14.6. The van der Waals surface area contributed by atoms with E-state index in [1.807, 2.05) is 36.5 Å². The van der Waals surface area contributed by atoms with Crippen molar-refractivity contribution in [3.8, 4) is 6.07 Å². The van der Waals surface area contributed by atoms with Crippen molar-refractivity contribution < 1.29 is 18.8 Å². The Hall–Kier alpha value is -4.50. The van der Waals surface area contributed by atoms with Crippen LogP contribution in [0.15, 0.2) is 53.1 Å². The van der Waals surface area contributed by atoms with Crippen LogP contribution in [0.1, 0.15) is 53.2 Å². The highest BCUT2D eigenvalue weighted by Crippen LogP contribution is 2.27. The molecular formula is C32H37N7O4. The first-order chi connectivity index (χ1) is 20.6. The third-order valence-electron chi connectivity index (χ3n) is 7.92. The molecule has 1 fully saturated rings. The van der Waals surface area contributed by atoms with Gasteiger partial charge in [-0.15, -0.1) is 0 Å². The highest BCUT2D eigenvalue weighted by molar-refractivity contribution is 6.06. The van der Waals surface area contributed by atoms with Crippen LogP contribution in [0, 0.1) is 11.3 Å². The number of anilines is 1. The average Bonchev–Trinajstić information content (AvgIpc) is 3.60. The number of nitrogens with one attached hydrogen (secondary N) is 1. The number of amides is 2. The highest BCUT2D eigenvalue weighted by Gasteiger charge is 2.21. The summed E-state index contributed by atoms with van der Waals surface area (Å²) in [5.74, 6) is -1.25. The maximum Gasteiger partial charge on any atom is 0.293 e. The monoisotopic (exact) mass is 583 g/mol. The van der Waals surface area contributed by atoms with Crippen LogP contribution in [0.5, 0.6) is 0 Å². The number of carbonyl (C=O) groups is 3. The van der Waals surface area contributed by atoms with Crippen LogP contribution in [0.2, 0.25) is 0 Å². The van der Waals surface area contributed by atoms with Gasteiger partial charge in [-0.25, -0.2) is 0 Å². The minimum absolute atomic E-state index is 0.0709. The lowest BCUT2D eigenvalue weighted by atomic mass is 10.0. The zero-order chi connectivity index (χ0) is 30.7. The lowest BCUT2D eigenvalue weighted by Gasteiger charge is -2.36. The normalized spacial score (nSPS) is 15.4. The predicted octanol–water partition coefficient (Wildman–Crippen LogP) is 3.00. The third-order valence-corrected chi connectivity index (χ3v) is 7.92. The van der Waals surface area contributed by atoms with Gasteiger partial charge < -0.3 is 20.8 Å². The van der Waals surface area contributed by atoms with Gasteiger partial charge in [0.15, 0.2) is 5.76 Å². The molecule has 43 heavy (non-hydrogen) atoms. The molecule has 2 unspecified atom stereocenters. The van der Waals surface area contributed by atoms with Crippen LogP contribution in [0.25, 0.3) is 21.9 Å². The highest BCUT2D eigenvalue weighted by atomic mass is 16.3. The lowest BCUT2D eigenvalue weighted by molar-refractivity contribution is -0.121. The van der Waals surface area contributed by atoms with E-state index in [4.69, 9.17) is 15.9 Å². The van der Waals surface area contributed by atoms with Gasteiger partial charge in [0.05, 0.1) is 29.2 Å². The summed E-state index contributed by atoms with van der Waals surface area (Å²) in [6.07, 6.45) is 4.67. The number of benzene rings is 2. The number of carbonyl (C=O) groups excluding carboxylic acids is 3. The maximum atomic E-state index is 12.7. The molecule has 2 aromatic carbocycles. The largest absolute Gasteiger partial charge is 0.451 e. The van der Waals surface area contributed by atoms with E-state index < -0.39 is 23.9 Å². The summed E-state index contributed by atoms with van der Waals surface area (Å²) >= 11 is 0. The molecule has 224 valence electrons. The summed E-state index contributed by atoms with van der Waals surface area (Å²) in [6.45, 7) is 7.80.